The Labute approximate surface area is 110 Å². The van der Waals surface area contributed by atoms with Crippen LogP contribution in [-0.4, -0.2) is 23.9 Å². The smallest absolute Gasteiger partial charge is 0.219 e. The molecule has 0 saturated carbocycles. The number of hydrogen-bond donors (Lipinski definition) is 0. The molecule has 98 valence electrons. The second kappa shape index (κ2) is 3.84. The van der Waals surface area contributed by atoms with Gasteiger partial charge in [0.1, 0.15) is 0 Å². The molecule has 1 amide bonds. The molecule has 0 radical (unpaired) electrons. The molecule has 2 rings (SSSR count). The van der Waals surface area contributed by atoms with Crippen LogP contribution >= 0.6 is 0 Å². The van der Waals surface area contributed by atoms with Crippen LogP contribution < -0.4 is 0 Å². The summed E-state index contributed by atoms with van der Waals surface area (Å²) in [4.78, 5) is 13.7. The van der Waals surface area contributed by atoms with Crippen LogP contribution in [0.1, 0.15) is 45.7 Å². The summed E-state index contributed by atoms with van der Waals surface area (Å²) >= 11 is 0. The van der Waals surface area contributed by atoms with Crippen molar-refractivity contribution < 1.29 is 4.79 Å². The van der Waals surface area contributed by atoms with Crippen molar-refractivity contribution in [3.8, 4) is 0 Å². The highest BCUT2D eigenvalue weighted by atomic mass is 16.2. The van der Waals surface area contributed by atoms with E-state index in [1.807, 2.05) is 11.9 Å². The summed E-state index contributed by atoms with van der Waals surface area (Å²) < 4.78 is 0. The topological polar surface area (TPSA) is 20.3 Å². The number of nitrogens with zero attached hydrogens (tertiary/aromatic N) is 1. The van der Waals surface area contributed by atoms with E-state index in [4.69, 9.17) is 0 Å². The summed E-state index contributed by atoms with van der Waals surface area (Å²) in [6, 6.07) is 8.77. The molecule has 2 nitrogen and oxygen atoms in total. The van der Waals surface area contributed by atoms with Gasteiger partial charge in [-0.3, -0.25) is 4.79 Å². The predicted molar refractivity (Wildman–Crippen MR) is 74.7 cm³/mol. The fraction of sp³-hybridized carbons (Fsp3) is 0.562. The third-order valence-corrected chi connectivity index (χ3v) is 4.57. The molecule has 1 aliphatic carbocycles. The highest BCUT2D eigenvalue weighted by molar-refractivity contribution is 5.74. The Hall–Kier alpha value is -1.31. The summed E-state index contributed by atoms with van der Waals surface area (Å²) in [5.74, 6) is 0.133. The number of rotatable bonds is 1. The summed E-state index contributed by atoms with van der Waals surface area (Å²) in [5, 5.41) is 0. The van der Waals surface area contributed by atoms with Crippen LogP contribution in [0.2, 0.25) is 0 Å². The lowest BCUT2D eigenvalue weighted by Gasteiger charge is -2.42. The molecule has 0 N–H and O–H groups in total. The van der Waals surface area contributed by atoms with Gasteiger partial charge in [0.15, 0.2) is 0 Å². The minimum absolute atomic E-state index is 0.0134. The van der Waals surface area contributed by atoms with Crippen LogP contribution in [0.15, 0.2) is 24.3 Å². The Bertz CT molecular complexity index is 453. The van der Waals surface area contributed by atoms with E-state index < -0.39 is 0 Å². The van der Waals surface area contributed by atoms with Gasteiger partial charge in [0.2, 0.25) is 5.91 Å². The first-order valence-electron chi connectivity index (χ1n) is 6.54. The van der Waals surface area contributed by atoms with Crippen molar-refractivity contribution in [2.45, 2.75) is 51.5 Å². The normalized spacial score (nSPS) is 20.6. The van der Waals surface area contributed by atoms with E-state index in [1.165, 1.54) is 11.1 Å². The Balaban J connectivity index is 2.62. The van der Waals surface area contributed by atoms with Gasteiger partial charge in [-0.05, 0) is 11.1 Å². The van der Waals surface area contributed by atoms with Gasteiger partial charge in [-0.15, -0.1) is 0 Å². The van der Waals surface area contributed by atoms with Crippen molar-refractivity contribution >= 4 is 5.91 Å². The Morgan fingerprint density at radius 2 is 1.44 bits per heavy atom. The molecule has 0 saturated heterocycles. The molecule has 0 unspecified atom stereocenters. The second-order valence-corrected chi connectivity index (χ2v) is 6.52. The quantitative estimate of drug-likeness (QED) is 0.744. The van der Waals surface area contributed by atoms with Gasteiger partial charge < -0.3 is 4.90 Å². The van der Waals surface area contributed by atoms with Crippen LogP contribution in [0.3, 0.4) is 0 Å². The lowest BCUT2D eigenvalue weighted by atomic mass is 9.75. The van der Waals surface area contributed by atoms with E-state index in [0.717, 1.165) is 0 Å². The molecule has 1 aromatic carbocycles. The van der Waals surface area contributed by atoms with Crippen molar-refractivity contribution in [1.82, 2.24) is 4.90 Å². The lowest BCUT2D eigenvalue weighted by molar-refractivity contribution is -0.132. The van der Waals surface area contributed by atoms with Gasteiger partial charge >= 0.3 is 0 Å². The second-order valence-electron chi connectivity index (χ2n) is 6.52. The summed E-state index contributed by atoms with van der Waals surface area (Å²) in [5.41, 5.74) is 2.71. The number of carbonyl (C=O) groups is 1. The van der Waals surface area contributed by atoms with Gasteiger partial charge in [0.25, 0.3) is 0 Å². The largest absolute Gasteiger partial charge is 0.341 e. The minimum Gasteiger partial charge on any atom is -0.341 e. The van der Waals surface area contributed by atoms with Crippen molar-refractivity contribution in [1.29, 1.82) is 0 Å². The van der Waals surface area contributed by atoms with Crippen LogP contribution in [0.4, 0.5) is 0 Å². The van der Waals surface area contributed by atoms with Gasteiger partial charge in [-0.2, -0.15) is 0 Å². The van der Waals surface area contributed by atoms with Gasteiger partial charge in [-0.1, -0.05) is 52.0 Å². The minimum atomic E-state index is -0.0134. The molecule has 0 spiro atoms. The SMILES string of the molecule is CC(=O)N(C)C1C(C)(C)c2ccccc2C1(C)C. The average molecular weight is 245 g/mol. The number of hydrogen-bond acceptors (Lipinski definition) is 1. The van der Waals surface area contributed by atoms with Crippen LogP contribution in [-0.2, 0) is 15.6 Å². The van der Waals surface area contributed by atoms with Crippen LogP contribution in [0.5, 0.6) is 0 Å². The van der Waals surface area contributed by atoms with E-state index in [-0.39, 0.29) is 22.8 Å². The molecule has 0 aromatic heterocycles. The van der Waals surface area contributed by atoms with Crippen LogP contribution in [0, 0.1) is 0 Å². The number of benzene rings is 1. The highest BCUT2D eigenvalue weighted by Crippen LogP contribution is 2.51. The van der Waals surface area contributed by atoms with Crippen LogP contribution in [0.25, 0.3) is 0 Å². The third kappa shape index (κ3) is 1.58. The van der Waals surface area contributed by atoms with Gasteiger partial charge in [0.05, 0.1) is 0 Å². The summed E-state index contributed by atoms with van der Waals surface area (Å²) in [7, 11) is 1.92. The Morgan fingerprint density at radius 1 is 1.06 bits per heavy atom. The molecule has 0 bridgehead atoms. The molecule has 0 heterocycles. The van der Waals surface area contributed by atoms with Gasteiger partial charge in [-0.25, -0.2) is 0 Å². The predicted octanol–water partition coefficient (Wildman–Crippen LogP) is 3.10. The monoisotopic (exact) mass is 245 g/mol. The van der Waals surface area contributed by atoms with E-state index in [2.05, 4.69) is 52.0 Å². The fourth-order valence-corrected chi connectivity index (χ4v) is 3.95. The molecule has 18 heavy (non-hydrogen) atoms. The van der Waals surface area contributed by atoms with E-state index in [9.17, 15) is 4.79 Å². The van der Waals surface area contributed by atoms with E-state index in [0.29, 0.717) is 0 Å². The maximum atomic E-state index is 11.8. The lowest BCUT2D eigenvalue weighted by Crippen LogP contribution is -2.52. The molecule has 0 fully saturated rings. The Morgan fingerprint density at radius 3 is 1.78 bits per heavy atom. The van der Waals surface area contributed by atoms with E-state index >= 15 is 0 Å². The Kier molecular flexibility index (Phi) is 2.80. The number of carbonyl (C=O) groups excluding carboxylic acids is 1. The number of fused-ring (bicyclic) bond motifs is 1. The van der Waals surface area contributed by atoms with E-state index in [1.54, 1.807) is 6.92 Å². The number of amides is 1. The number of likely N-dealkylation sites (N-methyl/N-ethyl adjacent to an activating group) is 1. The average Bonchev–Trinajstić information content (AvgIpc) is 2.43. The van der Waals surface area contributed by atoms with Crippen molar-refractivity contribution in [2.24, 2.45) is 0 Å². The molecule has 1 aromatic rings. The molecule has 2 heteroatoms. The fourth-order valence-electron chi connectivity index (χ4n) is 3.95. The first-order valence-corrected chi connectivity index (χ1v) is 6.54. The zero-order chi connectivity index (χ0) is 13.7. The van der Waals surface area contributed by atoms with Gasteiger partial charge in [0, 0.05) is 30.8 Å². The zero-order valence-corrected chi connectivity index (χ0v) is 12.2. The molecular formula is C16H23NO. The third-order valence-electron chi connectivity index (χ3n) is 4.57. The zero-order valence-electron chi connectivity index (χ0n) is 12.2. The molecular weight excluding hydrogens is 222 g/mol. The first-order chi connectivity index (χ1) is 8.20. The maximum Gasteiger partial charge on any atom is 0.219 e. The standard InChI is InChI=1S/C16H23NO/c1-11(18)17(6)14-15(2,3)12-9-7-8-10-13(12)16(14,4)5/h7-10,14H,1-6H3. The highest BCUT2D eigenvalue weighted by Gasteiger charge is 2.53. The summed E-state index contributed by atoms with van der Waals surface area (Å²) in [6.45, 7) is 10.6. The summed E-state index contributed by atoms with van der Waals surface area (Å²) in [6.07, 6.45) is 0. The molecule has 1 aliphatic rings. The van der Waals surface area contributed by atoms with Crippen molar-refractivity contribution in [2.75, 3.05) is 7.05 Å². The maximum absolute atomic E-state index is 11.8. The first kappa shape index (κ1) is 13.1. The van der Waals surface area contributed by atoms with Crippen molar-refractivity contribution in [3.05, 3.63) is 35.4 Å². The molecule has 0 atom stereocenters. The molecule has 0 aliphatic heterocycles. The van der Waals surface area contributed by atoms with Crippen molar-refractivity contribution in [3.63, 3.8) is 0 Å².